The number of morpholine rings is 1. The van der Waals surface area contributed by atoms with E-state index in [4.69, 9.17) is 4.74 Å². The summed E-state index contributed by atoms with van der Waals surface area (Å²) < 4.78 is 5.42. The largest absolute Gasteiger partial charge is 0.379 e. The van der Waals surface area contributed by atoms with Crippen LogP contribution in [0.5, 0.6) is 0 Å². The monoisotopic (exact) mass is 341 g/mol. The normalized spacial score (nSPS) is 20.3. The number of carbonyl (C=O) groups excluding carboxylic acids is 1. The third-order valence-electron chi connectivity index (χ3n) is 5.53. The quantitative estimate of drug-likeness (QED) is 0.934. The van der Waals surface area contributed by atoms with Crippen molar-refractivity contribution in [2.24, 2.45) is 5.92 Å². The number of benzene rings is 1. The minimum atomic E-state index is 0.138. The molecule has 0 atom stereocenters. The van der Waals surface area contributed by atoms with Crippen molar-refractivity contribution in [2.75, 3.05) is 45.9 Å². The summed E-state index contributed by atoms with van der Waals surface area (Å²) in [6.07, 6.45) is 2.20. The molecule has 2 aromatic rings. The predicted octanol–water partition coefficient (Wildman–Crippen LogP) is 2.66. The molecule has 2 fully saturated rings. The maximum absolute atomic E-state index is 12.8. The second-order valence-electron chi connectivity index (χ2n) is 7.42. The fraction of sp³-hybridized carbons (Fsp3) is 0.550. The van der Waals surface area contributed by atoms with Gasteiger partial charge < -0.3 is 14.6 Å². The molecule has 4 rings (SSSR count). The summed E-state index contributed by atoms with van der Waals surface area (Å²) >= 11 is 0. The number of aromatic nitrogens is 1. The molecule has 0 unspecified atom stereocenters. The first-order chi connectivity index (χ1) is 12.2. The first-order valence-electron chi connectivity index (χ1n) is 9.38. The van der Waals surface area contributed by atoms with Crippen LogP contribution in [0.25, 0.3) is 10.9 Å². The molecule has 134 valence electrons. The van der Waals surface area contributed by atoms with Crippen LogP contribution >= 0.6 is 0 Å². The van der Waals surface area contributed by atoms with Crippen LogP contribution < -0.4 is 0 Å². The van der Waals surface area contributed by atoms with Crippen molar-refractivity contribution in [1.82, 2.24) is 14.8 Å². The molecule has 25 heavy (non-hydrogen) atoms. The van der Waals surface area contributed by atoms with Gasteiger partial charge in [0.1, 0.15) is 5.69 Å². The number of H-pyrrole nitrogens is 1. The van der Waals surface area contributed by atoms with E-state index in [9.17, 15) is 4.79 Å². The number of aromatic amines is 1. The molecule has 2 aliphatic rings. The number of nitrogens with zero attached hydrogens (tertiary/aromatic N) is 2. The minimum Gasteiger partial charge on any atom is -0.379 e. The molecule has 1 aromatic carbocycles. The Balaban J connectivity index is 1.35. The van der Waals surface area contributed by atoms with Gasteiger partial charge in [-0.25, -0.2) is 0 Å². The fourth-order valence-corrected chi connectivity index (χ4v) is 4.01. The Kier molecular flexibility index (Phi) is 4.77. The molecule has 3 heterocycles. The molecule has 0 spiro atoms. The highest BCUT2D eigenvalue weighted by Crippen LogP contribution is 2.22. The van der Waals surface area contributed by atoms with Gasteiger partial charge in [-0.2, -0.15) is 0 Å². The molecule has 2 saturated heterocycles. The number of hydrogen-bond acceptors (Lipinski definition) is 3. The van der Waals surface area contributed by atoms with Crippen molar-refractivity contribution in [3.63, 3.8) is 0 Å². The maximum atomic E-state index is 12.8. The minimum absolute atomic E-state index is 0.138. The number of nitrogens with one attached hydrogen (secondary N) is 1. The fourth-order valence-electron chi connectivity index (χ4n) is 4.01. The molecular formula is C20H27N3O2. The van der Waals surface area contributed by atoms with Gasteiger partial charge in [-0.3, -0.25) is 9.69 Å². The lowest BCUT2D eigenvalue weighted by Gasteiger charge is -2.35. The smallest absolute Gasteiger partial charge is 0.270 e. The van der Waals surface area contributed by atoms with Gasteiger partial charge >= 0.3 is 0 Å². The van der Waals surface area contributed by atoms with Crippen LogP contribution in [-0.4, -0.2) is 66.6 Å². The van der Waals surface area contributed by atoms with E-state index in [0.29, 0.717) is 11.6 Å². The van der Waals surface area contributed by atoms with E-state index in [1.807, 2.05) is 11.0 Å². The molecule has 1 N–H and O–H groups in total. The van der Waals surface area contributed by atoms with Crippen LogP contribution in [0.15, 0.2) is 24.3 Å². The molecule has 5 heteroatoms. The summed E-state index contributed by atoms with van der Waals surface area (Å²) in [7, 11) is 0. The highest BCUT2D eigenvalue weighted by atomic mass is 16.5. The number of fused-ring (bicyclic) bond motifs is 1. The lowest BCUT2D eigenvalue weighted by Crippen LogP contribution is -2.44. The van der Waals surface area contributed by atoms with Gasteiger partial charge in [-0.1, -0.05) is 11.6 Å². The highest BCUT2D eigenvalue weighted by Gasteiger charge is 2.26. The van der Waals surface area contributed by atoms with Crippen LogP contribution in [0.1, 0.15) is 28.9 Å². The number of rotatable bonds is 3. The molecule has 0 bridgehead atoms. The number of carbonyl (C=O) groups is 1. The molecule has 1 aromatic heterocycles. The van der Waals surface area contributed by atoms with Gasteiger partial charge in [0.2, 0.25) is 0 Å². The molecule has 0 aliphatic carbocycles. The van der Waals surface area contributed by atoms with E-state index in [-0.39, 0.29) is 5.91 Å². The summed E-state index contributed by atoms with van der Waals surface area (Å²) in [5, 5.41) is 1.12. The Morgan fingerprint density at radius 2 is 1.92 bits per heavy atom. The van der Waals surface area contributed by atoms with E-state index in [1.54, 1.807) is 0 Å². The number of piperidine rings is 1. The number of hydrogen-bond donors (Lipinski definition) is 1. The van der Waals surface area contributed by atoms with Gasteiger partial charge in [-0.15, -0.1) is 0 Å². The second kappa shape index (κ2) is 7.18. The SMILES string of the molecule is Cc1ccc2[nH]c(C(=O)N3CCC(CN4CCOCC4)CC3)cc2c1. The van der Waals surface area contributed by atoms with Crippen LogP contribution in [0.3, 0.4) is 0 Å². The maximum Gasteiger partial charge on any atom is 0.270 e. The van der Waals surface area contributed by atoms with Gasteiger partial charge in [0.05, 0.1) is 13.2 Å². The number of amides is 1. The standard InChI is InChI=1S/C20H27N3O2/c1-15-2-3-18-17(12-15)13-19(21-18)20(24)23-6-4-16(5-7-23)14-22-8-10-25-11-9-22/h2-3,12-13,16,21H,4-11,14H2,1H3. The van der Waals surface area contributed by atoms with E-state index in [2.05, 4.69) is 35.0 Å². The zero-order valence-electron chi connectivity index (χ0n) is 15.0. The zero-order chi connectivity index (χ0) is 17.2. The summed E-state index contributed by atoms with van der Waals surface area (Å²) in [6.45, 7) is 8.77. The Labute approximate surface area is 148 Å². The molecule has 1 amide bonds. The predicted molar refractivity (Wildman–Crippen MR) is 98.9 cm³/mol. The van der Waals surface area contributed by atoms with Crippen molar-refractivity contribution >= 4 is 16.8 Å². The van der Waals surface area contributed by atoms with E-state index in [0.717, 1.165) is 69.7 Å². The number of aryl methyl sites for hydroxylation is 1. The molecular weight excluding hydrogens is 314 g/mol. The molecule has 5 nitrogen and oxygen atoms in total. The van der Waals surface area contributed by atoms with Crippen LogP contribution in [0.4, 0.5) is 0 Å². The van der Waals surface area contributed by atoms with Crippen molar-refractivity contribution in [3.8, 4) is 0 Å². The van der Waals surface area contributed by atoms with Crippen molar-refractivity contribution in [3.05, 3.63) is 35.5 Å². The van der Waals surface area contributed by atoms with Gasteiger partial charge in [0.15, 0.2) is 0 Å². The third-order valence-corrected chi connectivity index (χ3v) is 5.53. The van der Waals surface area contributed by atoms with Crippen LogP contribution in [-0.2, 0) is 4.74 Å². The summed E-state index contributed by atoms with van der Waals surface area (Å²) in [4.78, 5) is 20.6. The highest BCUT2D eigenvalue weighted by molar-refractivity contribution is 5.98. The number of likely N-dealkylation sites (tertiary alicyclic amines) is 1. The summed E-state index contributed by atoms with van der Waals surface area (Å²) in [5.41, 5.74) is 2.97. The van der Waals surface area contributed by atoms with Gasteiger partial charge in [-0.05, 0) is 43.9 Å². The van der Waals surface area contributed by atoms with Crippen LogP contribution in [0.2, 0.25) is 0 Å². The average molecular weight is 341 g/mol. The second-order valence-corrected chi connectivity index (χ2v) is 7.42. The van der Waals surface area contributed by atoms with Crippen LogP contribution in [0, 0.1) is 12.8 Å². The van der Waals surface area contributed by atoms with E-state index < -0.39 is 0 Å². The van der Waals surface area contributed by atoms with Crippen molar-refractivity contribution < 1.29 is 9.53 Å². The molecule has 0 radical (unpaired) electrons. The Morgan fingerprint density at radius 3 is 2.68 bits per heavy atom. The van der Waals surface area contributed by atoms with Crippen molar-refractivity contribution in [1.29, 1.82) is 0 Å². The average Bonchev–Trinajstić information content (AvgIpc) is 3.06. The molecule has 2 aliphatic heterocycles. The lowest BCUT2D eigenvalue weighted by molar-refractivity contribution is 0.0242. The number of ether oxygens (including phenoxy) is 1. The summed E-state index contributed by atoms with van der Waals surface area (Å²) in [5.74, 6) is 0.839. The molecule has 0 saturated carbocycles. The third kappa shape index (κ3) is 3.72. The Morgan fingerprint density at radius 1 is 1.16 bits per heavy atom. The van der Waals surface area contributed by atoms with E-state index >= 15 is 0 Å². The van der Waals surface area contributed by atoms with Crippen molar-refractivity contribution in [2.45, 2.75) is 19.8 Å². The first-order valence-corrected chi connectivity index (χ1v) is 9.38. The first kappa shape index (κ1) is 16.6. The zero-order valence-corrected chi connectivity index (χ0v) is 15.0. The van der Waals surface area contributed by atoms with E-state index in [1.165, 1.54) is 5.56 Å². The topological polar surface area (TPSA) is 48.6 Å². The Bertz CT molecular complexity index is 740. The van der Waals surface area contributed by atoms with Gasteiger partial charge in [0.25, 0.3) is 5.91 Å². The van der Waals surface area contributed by atoms with Gasteiger partial charge in [0, 0.05) is 43.6 Å². The Hall–Kier alpha value is -1.85. The summed E-state index contributed by atoms with van der Waals surface area (Å²) in [6, 6.07) is 8.24. The lowest BCUT2D eigenvalue weighted by atomic mass is 9.96.